The lowest BCUT2D eigenvalue weighted by Crippen LogP contribution is -2.38. The van der Waals surface area contributed by atoms with Gasteiger partial charge in [0.05, 0.1) is 19.1 Å². The monoisotopic (exact) mass is 366 g/mol. The van der Waals surface area contributed by atoms with Crippen molar-refractivity contribution in [2.24, 2.45) is 5.92 Å². The van der Waals surface area contributed by atoms with Crippen molar-refractivity contribution in [3.05, 3.63) is 59.7 Å². The molecule has 1 saturated heterocycles. The van der Waals surface area contributed by atoms with Crippen LogP contribution in [0.25, 0.3) is 0 Å². The van der Waals surface area contributed by atoms with Gasteiger partial charge in [0.2, 0.25) is 5.91 Å². The van der Waals surface area contributed by atoms with Crippen LogP contribution in [0.4, 0.5) is 5.69 Å². The Morgan fingerprint density at radius 1 is 1.11 bits per heavy atom. The Morgan fingerprint density at radius 2 is 1.85 bits per heavy atom. The second-order valence-corrected chi connectivity index (χ2v) is 7.28. The molecular weight excluding hydrogens is 340 g/mol. The molecule has 1 amide bonds. The number of para-hydroxylation sites is 1. The average Bonchev–Trinajstić information content (AvgIpc) is 2.74. The molecule has 0 radical (unpaired) electrons. The number of benzene rings is 2. The fourth-order valence-corrected chi connectivity index (χ4v) is 3.78. The molecule has 1 fully saturated rings. The van der Waals surface area contributed by atoms with E-state index >= 15 is 0 Å². The van der Waals surface area contributed by atoms with E-state index in [-0.39, 0.29) is 11.8 Å². The molecule has 2 heterocycles. The van der Waals surface area contributed by atoms with Gasteiger partial charge in [0.1, 0.15) is 12.4 Å². The lowest BCUT2D eigenvalue weighted by molar-refractivity contribution is -0.136. The van der Waals surface area contributed by atoms with Gasteiger partial charge < -0.3 is 19.3 Å². The summed E-state index contributed by atoms with van der Waals surface area (Å²) in [5.41, 5.74) is 3.47. The standard InChI is InChI=1S/C22H26N2O3/c1-23(22(25)19-14-18-4-2-3-5-21(18)27-16-19)15-17-6-8-20(9-7-17)24-10-12-26-13-11-24/h2-9,19H,10-16H2,1H3. The molecule has 0 bridgehead atoms. The van der Waals surface area contributed by atoms with Crippen LogP contribution >= 0.6 is 0 Å². The first-order valence-corrected chi connectivity index (χ1v) is 9.58. The molecular formula is C22H26N2O3. The minimum Gasteiger partial charge on any atom is -0.492 e. The van der Waals surface area contributed by atoms with E-state index in [4.69, 9.17) is 9.47 Å². The third-order valence-electron chi connectivity index (χ3n) is 5.34. The lowest BCUT2D eigenvalue weighted by Gasteiger charge is -2.29. The molecule has 142 valence electrons. The van der Waals surface area contributed by atoms with Crippen molar-refractivity contribution in [1.29, 1.82) is 0 Å². The normalized spacial score (nSPS) is 19.1. The number of carbonyl (C=O) groups is 1. The number of nitrogens with zero attached hydrogens (tertiary/aromatic N) is 2. The summed E-state index contributed by atoms with van der Waals surface area (Å²) in [6.07, 6.45) is 0.745. The Bertz CT molecular complexity index is 784. The number of morpholine rings is 1. The van der Waals surface area contributed by atoms with Crippen molar-refractivity contribution in [2.75, 3.05) is 44.9 Å². The highest BCUT2D eigenvalue weighted by atomic mass is 16.5. The van der Waals surface area contributed by atoms with Crippen LogP contribution < -0.4 is 9.64 Å². The van der Waals surface area contributed by atoms with E-state index < -0.39 is 0 Å². The van der Waals surface area contributed by atoms with Gasteiger partial charge in [-0.2, -0.15) is 0 Å². The van der Waals surface area contributed by atoms with E-state index in [9.17, 15) is 4.79 Å². The molecule has 0 saturated carbocycles. The number of carbonyl (C=O) groups excluding carboxylic acids is 1. The molecule has 0 spiro atoms. The van der Waals surface area contributed by atoms with E-state index in [1.807, 2.05) is 36.2 Å². The van der Waals surface area contributed by atoms with Crippen molar-refractivity contribution in [2.45, 2.75) is 13.0 Å². The Labute approximate surface area is 160 Å². The Hall–Kier alpha value is -2.53. The third-order valence-corrected chi connectivity index (χ3v) is 5.34. The van der Waals surface area contributed by atoms with E-state index in [0.29, 0.717) is 13.2 Å². The van der Waals surface area contributed by atoms with Gasteiger partial charge in [-0.1, -0.05) is 30.3 Å². The quantitative estimate of drug-likeness (QED) is 0.834. The Morgan fingerprint density at radius 3 is 2.63 bits per heavy atom. The zero-order valence-electron chi connectivity index (χ0n) is 15.8. The topological polar surface area (TPSA) is 42.0 Å². The Balaban J connectivity index is 1.36. The summed E-state index contributed by atoms with van der Waals surface area (Å²) in [6, 6.07) is 16.5. The van der Waals surface area contributed by atoms with Crippen LogP contribution in [0, 0.1) is 5.92 Å². The van der Waals surface area contributed by atoms with Crippen molar-refractivity contribution < 1.29 is 14.3 Å². The first-order chi connectivity index (χ1) is 13.2. The van der Waals surface area contributed by atoms with E-state index in [0.717, 1.165) is 49.6 Å². The van der Waals surface area contributed by atoms with Crippen LogP contribution in [0.1, 0.15) is 11.1 Å². The van der Waals surface area contributed by atoms with Crippen LogP contribution in [-0.2, 0) is 22.5 Å². The number of fused-ring (bicyclic) bond motifs is 1. The van der Waals surface area contributed by atoms with Gasteiger partial charge in [-0.15, -0.1) is 0 Å². The van der Waals surface area contributed by atoms with Crippen LogP contribution in [0.5, 0.6) is 5.75 Å². The maximum absolute atomic E-state index is 12.9. The average molecular weight is 366 g/mol. The van der Waals surface area contributed by atoms with Gasteiger partial charge in [-0.3, -0.25) is 4.79 Å². The molecule has 0 aromatic heterocycles. The fraction of sp³-hybridized carbons (Fsp3) is 0.409. The van der Waals surface area contributed by atoms with Gasteiger partial charge in [0.25, 0.3) is 0 Å². The van der Waals surface area contributed by atoms with Crippen LogP contribution in [0.2, 0.25) is 0 Å². The number of hydrogen-bond acceptors (Lipinski definition) is 4. The highest BCUT2D eigenvalue weighted by Gasteiger charge is 2.28. The molecule has 5 nitrogen and oxygen atoms in total. The highest BCUT2D eigenvalue weighted by molar-refractivity contribution is 5.79. The number of anilines is 1. The minimum absolute atomic E-state index is 0.113. The van der Waals surface area contributed by atoms with Crippen molar-refractivity contribution >= 4 is 11.6 Å². The van der Waals surface area contributed by atoms with Gasteiger partial charge >= 0.3 is 0 Å². The summed E-state index contributed by atoms with van der Waals surface area (Å²) in [7, 11) is 1.87. The zero-order valence-corrected chi connectivity index (χ0v) is 15.8. The zero-order chi connectivity index (χ0) is 18.6. The molecule has 27 heavy (non-hydrogen) atoms. The minimum atomic E-state index is -0.113. The van der Waals surface area contributed by atoms with Gasteiger partial charge in [0, 0.05) is 32.4 Å². The molecule has 0 aliphatic carbocycles. The summed E-state index contributed by atoms with van der Waals surface area (Å²) in [5, 5.41) is 0. The highest BCUT2D eigenvalue weighted by Crippen LogP contribution is 2.28. The summed E-state index contributed by atoms with van der Waals surface area (Å²) >= 11 is 0. The van der Waals surface area contributed by atoms with Gasteiger partial charge in [-0.25, -0.2) is 0 Å². The molecule has 1 unspecified atom stereocenters. The van der Waals surface area contributed by atoms with Crippen molar-refractivity contribution in [3.63, 3.8) is 0 Å². The number of rotatable bonds is 4. The molecule has 0 N–H and O–H groups in total. The first-order valence-electron chi connectivity index (χ1n) is 9.58. The van der Waals surface area contributed by atoms with E-state index in [1.165, 1.54) is 5.69 Å². The van der Waals surface area contributed by atoms with Gasteiger partial charge in [-0.05, 0) is 35.7 Å². The van der Waals surface area contributed by atoms with Crippen molar-refractivity contribution in [1.82, 2.24) is 4.90 Å². The summed E-state index contributed by atoms with van der Waals surface area (Å²) in [4.78, 5) is 17.0. The largest absolute Gasteiger partial charge is 0.492 e. The number of amides is 1. The summed E-state index contributed by atoms with van der Waals surface area (Å²) < 4.78 is 11.2. The first kappa shape index (κ1) is 17.9. The van der Waals surface area contributed by atoms with Crippen LogP contribution in [0.3, 0.4) is 0 Å². The smallest absolute Gasteiger partial charge is 0.229 e. The van der Waals surface area contributed by atoms with Crippen molar-refractivity contribution in [3.8, 4) is 5.75 Å². The fourth-order valence-electron chi connectivity index (χ4n) is 3.78. The molecule has 2 aliphatic rings. The van der Waals surface area contributed by atoms with Crippen LogP contribution in [0.15, 0.2) is 48.5 Å². The summed E-state index contributed by atoms with van der Waals surface area (Å²) in [5.74, 6) is 0.933. The number of hydrogen-bond donors (Lipinski definition) is 0. The maximum atomic E-state index is 12.9. The molecule has 2 aromatic rings. The van der Waals surface area contributed by atoms with E-state index in [2.05, 4.69) is 29.2 Å². The van der Waals surface area contributed by atoms with E-state index in [1.54, 1.807) is 0 Å². The summed E-state index contributed by atoms with van der Waals surface area (Å²) in [6.45, 7) is 4.50. The molecule has 4 rings (SSSR count). The number of ether oxygens (including phenoxy) is 2. The molecule has 2 aliphatic heterocycles. The predicted octanol–water partition coefficient (Wildman–Crippen LogP) is 2.73. The Kier molecular flexibility index (Phi) is 5.30. The maximum Gasteiger partial charge on any atom is 0.229 e. The lowest BCUT2D eigenvalue weighted by atomic mass is 9.95. The van der Waals surface area contributed by atoms with Gasteiger partial charge in [0.15, 0.2) is 0 Å². The third kappa shape index (κ3) is 4.08. The second-order valence-electron chi connectivity index (χ2n) is 7.28. The molecule has 1 atom stereocenters. The molecule has 5 heteroatoms. The predicted molar refractivity (Wildman–Crippen MR) is 105 cm³/mol. The van der Waals surface area contributed by atoms with Crippen LogP contribution in [-0.4, -0.2) is 50.8 Å². The second kappa shape index (κ2) is 8.01. The SMILES string of the molecule is CN(Cc1ccc(N2CCOCC2)cc1)C(=O)C1COc2ccccc2C1. The molecule has 2 aromatic carbocycles.